The van der Waals surface area contributed by atoms with E-state index in [0.29, 0.717) is 42.8 Å². The Kier molecular flexibility index (Phi) is 4.00. The molecule has 1 aromatic rings. The average molecular weight is 272 g/mol. The van der Waals surface area contributed by atoms with Crippen molar-refractivity contribution in [1.82, 2.24) is 0 Å². The van der Waals surface area contributed by atoms with Gasteiger partial charge < -0.3 is 14.3 Å². The Bertz CT molecular complexity index is 434. The SMILES string of the molecule is CC1(C)COc2cc(CCON)cc(Cl)c2OC1. The third-order valence-corrected chi connectivity index (χ3v) is 3.08. The maximum Gasteiger partial charge on any atom is 0.179 e. The Labute approximate surface area is 112 Å². The fourth-order valence-electron chi connectivity index (χ4n) is 1.77. The van der Waals surface area contributed by atoms with Crippen LogP contribution in [-0.2, 0) is 11.3 Å². The molecule has 0 radical (unpaired) electrons. The number of ether oxygens (including phenoxy) is 2. The molecule has 1 heterocycles. The van der Waals surface area contributed by atoms with E-state index in [1.54, 1.807) is 0 Å². The van der Waals surface area contributed by atoms with Crippen LogP contribution in [-0.4, -0.2) is 19.8 Å². The van der Waals surface area contributed by atoms with E-state index < -0.39 is 0 Å². The molecule has 18 heavy (non-hydrogen) atoms. The van der Waals surface area contributed by atoms with E-state index in [2.05, 4.69) is 18.7 Å². The van der Waals surface area contributed by atoms with Gasteiger partial charge in [-0.2, -0.15) is 0 Å². The van der Waals surface area contributed by atoms with Crippen LogP contribution in [0.1, 0.15) is 19.4 Å². The van der Waals surface area contributed by atoms with Gasteiger partial charge in [0.05, 0.1) is 24.8 Å². The molecule has 0 fully saturated rings. The van der Waals surface area contributed by atoms with Gasteiger partial charge in [0.15, 0.2) is 11.5 Å². The highest BCUT2D eigenvalue weighted by Crippen LogP contribution is 2.40. The van der Waals surface area contributed by atoms with Gasteiger partial charge in [0.1, 0.15) is 0 Å². The molecule has 1 aromatic carbocycles. The molecule has 0 atom stereocenters. The molecule has 4 nitrogen and oxygen atoms in total. The van der Waals surface area contributed by atoms with E-state index in [1.165, 1.54) is 0 Å². The second kappa shape index (κ2) is 5.34. The lowest BCUT2D eigenvalue weighted by atomic mass is 9.97. The molecule has 1 aliphatic heterocycles. The fraction of sp³-hybridized carbons (Fsp3) is 0.538. The van der Waals surface area contributed by atoms with E-state index in [0.717, 1.165) is 5.56 Å². The molecule has 0 saturated heterocycles. The zero-order valence-electron chi connectivity index (χ0n) is 10.7. The van der Waals surface area contributed by atoms with E-state index in [-0.39, 0.29) is 5.41 Å². The van der Waals surface area contributed by atoms with Crippen LogP contribution in [0.2, 0.25) is 5.02 Å². The highest BCUT2D eigenvalue weighted by Gasteiger charge is 2.26. The molecule has 0 aromatic heterocycles. The van der Waals surface area contributed by atoms with Gasteiger partial charge >= 0.3 is 0 Å². The molecule has 1 aliphatic rings. The van der Waals surface area contributed by atoms with E-state index in [9.17, 15) is 0 Å². The van der Waals surface area contributed by atoms with Crippen molar-refractivity contribution in [3.63, 3.8) is 0 Å². The quantitative estimate of drug-likeness (QED) is 0.859. The second-order valence-electron chi connectivity index (χ2n) is 5.27. The molecule has 0 unspecified atom stereocenters. The van der Waals surface area contributed by atoms with Crippen molar-refractivity contribution in [2.45, 2.75) is 20.3 Å². The van der Waals surface area contributed by atoms with Gasteiger partial charge in [0, 0.05) is 5.41 Å². The molecule has 0 aliphatic carbocycles. The average Bonchev–Trinajstić information content (AvgIpc) is 2.46. The topological polar surface area (TPSA) is 53.7 Å². The number of hydrogen-bond donors (Lipinski definition) is 1. The number of fused-ring (bicyclic) bond motifs is 1. The first-order chi connectivity index (χ1) is 8.52. The van der Waals surface area contributed by atoms with E-state index >= 15 is 0 Å². The highest BCUT2D eigenvalue weighted by molar-refractivity contribution is 6.32. The number of halogens is 1. The van der Waals surface area contributed by atoms with Crippen LogP contribution in [0.25, 0.3) is 0 Å². The van der Waals surface area contributed by atoms with Gasteiger partial charge in [-0.1, -0.05) is 25.4 Å². The summed E-state index contributed by atoms with van der Waals surface area (Å²) >= 11 is 6.21. The van der Waals surface area contributed by atoms with E-state index in [4.69, 9.17) is 27.0 Å². The smallest absolute Gasteiger partial charge is 0.179 e. The van der Waals surface area contributed by atoms with Crippen LogP contribution in [0.15, 0.2) is 12.1 Å². The summed E-state index contributed by atoms with van der Waals surface area (Å²) in [5, 5.41) is 0.567. The number of rotatable bonds is 3. The molecule has 2 rings (SSSR count). The van der Waals surface area contributed by atoms with Gasteiger partial charge in [-0.05, 0) is 24.1 Å². The minimum atomic E-state index is -0.0249. The predicted molar refractivity (Wildman–Crippen MR) is 70.1 cm³/mol. The molecule has 2 N–H and O–H groups in total. The Morgan fingerprint density at radius 3 is 2.78 bits per heavy atom. The van der Waals surface area contributed by atoms with Gasteiger partial charge in [0.25, 0.3) is 0 Å². The van der Waals surface area contributed by atoms with Crippen molar-refractivity contribution in [3.8, 4) is 11.5 Å². The first kappa shape index (κ1) is 13.5. The highest BCUT2D eigenvalue weighted by atomic mass is 35.5. The molecule has 0 saturated carbocycles. The minimum absolute atomic E-state index is 0.0249. The summed E-state index contributed by atoms with van der Waals surface area (Å²) in [6.45, 7) is 5.82. The van der Waals surface area contributed by atoms with Gasteiger partial charge in [-0.25, -0.2) is 5.90 Å². The lowest BCUT2D eigenvalue weighted by Crippen LogP contribution is -2.26. The zero-order chi connectivity index (χ0) is 13.2. The Balaban J connectivity index is 2.25. The molecule has 0 spiro atoms. The molecule has 100 valence electrons. The minimum Gasteiger partial charge on any atom is -0.489 e. The normalized spacial score (nSPS) is 17.3. The molecule has 5 heteroatoms. The van der Waals surface area contributed by atoms with Crippen molar-refractivity contribution >= 4 is 11.6 Å². The standard InChI is InChI=1S/C13H18ClNO3/c1-13(2)7-16-11-6-9(3-4-18-15)5-10(14)12(11)17-8-13/h5-6H,3-4,7-8,15H2,1-2H3. The van der Waals surface area contributed by atoms with Crippen LogP contribution in [0.3, 0.4) is 0 Å². The Morgan fingerprint density at radius 1 is 1.33 bits per heavy atom. The predicted octanol–water partition coefficient (Wildman–Crippen LogP) is 2.57. The van der Waals surface area contributed by atoms with Crippen molar-refractivity contribution < 1.29 is 14.3 Å². The summed E-state index contributed by atoms with van der Waals surface area (Å²) in [7, 11) is 0. The summed E-state index contributed by atoms with van der Waals surface area (Å²) in [4.78, 5) is 4.57. The summed E-state index contributed by atoms with van der Waals surface area (Å²) < 4.78 is 11.5. The third kappa shape index (κ3) is 3.07. The van der Waals surface area contributed by atoms with Crippen molar-refractivity contribution in [2.75, 3.05) is 19.8 Å². The molecular weight excluding hydrogens is 254 g/mol. The summed E-state index contributed by atoms with van der Waals surface area (Å²) in [6, 6.07) is 3.79. The zero-order valence-corrected chi connectivity index (χ0v) is 11.4. The van der Waals surface area contributed by atoms with Crippen LogP contribution in [0.4, 0.5) is 0 Å². The van der Waals surface area contributed by atoms with Crippen molar-refractivity contribution in [3.05, 3.63) is 22.7 Å². The van der Waals surface area contributed by atoms with Crippen LogP contribution in [0.5, 0.6) is 11.5 Å². The van der Waals surface area contributed by atoms with Gasteiger partial charge in [-0.15, -0.1) is 0 Å². The monoisotopic (exact) mass is 271 g/mol. The summed E-state index contributed by atoms with van der Waals surface area (Å²) in [6.07, 6.45) is 0.691. The molecule has 0 amide bonds. The van der Waals surface area contributed by atoms with Crippen LogP contribution >= 0.6 is 11.6 Å². The van der Waals surface area contributed by atoms with Crippen molar-refractivity contribution in [1.29, 1.82) is 0 Å². The number of hydrogen-bond acceptors (Lipinski definition) is 4. The van der Waals surface area contributed by atoms with Gasteiger partial charge in [0.2, 0.25) is 0 Å². The first-order valence-electron chi connectivity index (χ1n) is 5.91. The molecular formula is C13H18ClNO3. The number of nitrogens with two attached hydrogens (primary N) is 1. The lowest BCUT2D eigenvalue weighted by molar-refractivity contribution is 0.139. The summed E-state index contributed by atoms with van der Waals surface area (Å²) in [5.74, 6) is 6.34. The number of benzene rings is 1. The van der Waals surface area contributed by atoms with Crippen molar-refractivity contribution in [2.24, 2.45) is 11.3 Å². The Hall–Kier alpha value is -0.970. The lowest BCUT2D eigenvalue weighted by Gasteiger charge is -2.19. The van der Waals surface area contributed by atoms with E-state index in [1.807, 2.05) is 12.1 Å². The second-order valence-corrected chi connectivity index (χ2v) is 5.67. The Morgan fingerprint density at radius 2 is 2.06 bits per heavy atom. The van der Waals surface area contributed by atoms with Gasteiger partial charge in [-0.3, -0.25) is 0 Å². The fourth-order valence-corrected chi connectivity index (χ4v) is 2.06. The largest absolute Gasteiger partial charge is 0.489 e. The first-order valence-corrected chi connectivity index (χ1v) is 6.29. The summed E-state index contributed by atoms with van der Waals surface area (Å²) in [5.41, 5.74) is 0.996. The third-order valence-electron chi connectivity index (χ3n) is 2.80. The maximum absolute atomic E-state index is 6.21. The van der Waals surface area contributed by atoms with Crippen LogP contribution < -0.4 is 15.4 Å². The maximum atomic E-state index is 6.21. The molecule has 0 bridgehead atoms. The van der Waals surface area contributed by atoms with Crippen LogP contribution in [0, 0.1) is 5.41 Å².